The zero-order chi connectivity index (χ0) is 26.6. The Morgan fingerprint density at radius 3 is 2.31 bits per heavy atom. The van der Waals surface area contributed by atoms with Crippen LogP contribution in [0.25, 0.3) is 11.3 Å². The monoisotopic (exact) mass is 578 g/mol. The number of hydrogen-bond donors (Lipinski definition) is 1. The summed E-state index contributed by atoms with van der Waals surface area (Å²) in [5.41, 5.74) is 5.08. The van der Waals surface area contributed by atoms with Crippen molar-refractivity contribution in [3.8, 4) is 34.3 Å². The molecule has 0 saturated carbocycles. The molecule has 3 aromatic rings. The van der Waals surface area contributed by atoms with Crippen LogP contribution in [-0.4, -0.2) is 62.4 Å². The number of likely N-dealkylation sites (N-methyl/N-ethyl adjacent to an activating group) is 1. The third-order valence-corrected chi connectivity index (χ3v) is 6.97. The number of nitrogens with one attached hydrogen (secondary N) is 1. The molecule has 0 aliphatic heterocycles. The number of anilines is 2. The van der Waals surface area contributed by atoms with Gasteiger partial charge in [0.15, 0.2) is 11.5 Å². The Hall–Kier alpha value is -2.94. The molecule has 0 spiro atoms. The molecular formula is C29H40Cl2N4O4. The summed E-state index contributed by atoms with van der Waals surface area (Å²) in [5.74, 6) is 3.03. The number of fused-ring (bicyclic) bond motifs is 3. The lowest BCUT2D eigenvalue weighted by Gasteiger charge is -2.33. The minimum atomic E-state index is -0.0202. The van der Waals surface area contributed by atoms with Crippen LogP contribution in [0, 0.1) is 0 Å². The summed E-state index contributed by atoms with van der Waals surface area (Å²) in [6, 6.07) is 9.97. The van der Waals surface area contributed by atoms with Crippen molar-refractivity contribution in [1.82, 2.24) is 14.9 Å². The molecule has 1 aliphatic rings. The van der Waals surface area contributed by atoms with Crippen LogP contribution in [0.1, 0.15) is 38.8 Å². The molecule has 1 heterocycles. The van der Waals surface area contributed by atoms with Crippen LogP contribution in [0.3, 0.4) is 0 Å². The van der Waals surface area contributed by atoms with Gasteiger partial charge in [-0.25, -0.2) is 9.97 Å². The third-order valence-electron chi connectivity index (χ3n) is 6.97. The van der Waals surface area contributed by atoms with Crippen molar-refractivity contribution < 1.29 is 18.9 Å². The second kappa shape index (κ2) is 13.9. The van der Waals surface area contributed by atoms with Crippen LogP contribution in [0.4, 0.5) is 11.6 Å². The standard InChI is InChI=1S/C29H38N4O4.2ClH/c1-8-33(9-2)12-13-37-25-15-20(14-24(35-6)27(25)36-7)31-28-30-18-19-17-29(3,4)23-11-10-21(34-5)16-22(23)26(19)32-28;;/h10-11,14-16,18H,8-9,12-13,17H2,1-7H3,(H,30,31,32);2*1H. The van der Waals surface area contributed by atoms with Gasteiger partial charge in [-0.1, -0.05) is 33.8 Å². The number of methoxy groups -OCH3 is 3. The summed E-state index contributed by atoms with van der Waals surface area (Å²) < 4.78 is 22.8. The van der Waals surface area contributed by atoms with E-state index in [9.17, 15) is 0 Å². The molecule has 0 radical (unpaired) electrons. The van der Waals surface area contributed by atoms with Gasteiger partial charge in [-0.05, 0) is 48.2 Å². The molecule has 214 valence electrons. The summed E-state index contributed by atoms with van der Waals surface area (Å²) in [5, 5.41) is 3.34. The SMILES string of the molecule is CCN(CC)CCOc1cc(Nc2ncc3c(n2)-c2cc(OC)ccc2C(C)(C)C3)cc(OC)c1OC.Cl.Cl. The van der Waals surface area contributed by atoms with Gasteiger partial charge in [0.25, 0.3) is 0 Å². The minimum absolute atomic E-state index is 0. The highest BCUT2D eigenvalue weighted by Gasteiger charge is 2.32. The van der Waals surface area contributed by atoms with E-state index in [2.05, 4.69) is 55.0 Å². The van der Waals surface area contributed by atoms with Gasteiger partial charge in [0.2, 0.25) is 11.7 Å². The molecule has 0 saturated heterocycles. The first kappa shape index (κ1) is 32.3. The van der Waals surface area contributed by atoms with Gasteiger partial charge in [0.1, 0.15) is 12.4 Å². The normalized spacial score (nSPS) is 12.8. The van der Waals surface area contributed by atoms with Gasteiger partial charge < -0.3 is 29.2 Å². The molecular weight excluding hydrogens is 539 g/mol. The fourth-order valence-electron chi connectivity index (χ4n) is 4.90. The van der Waals surface area contributed by atoms with Crippen molar-refractivity contribution in [2.45, 2.75) is 39.5 Å². The lowest BCUT2D eigenvalue weighted by Crippen LogP contribution is -2.28. The zero-order valence-corrected chi connectivity index (χ0v) is 25.4. The summed E-state index contributed by atoms with van der Waals surface area (Å²) in [4.78, 5) is 11.9. The molecule has 8 nitrogen and oxygen atoms in total. The fraction of sp³-hybridized carbons (Fsp3) is 0.448. The summed E-state index contributed by atoms with van der Waals surface area (Å²) in [6.07, 6.45) is 2.78. The average molecular weight is 580 g/mol. The van der Waals surface area contributed by atoms with E-state index in [1.807, 2.05) is 24.4 Å². The quantitative estimate of drug-likeness (QED) is 0.283. The number of halogens is 2. The Morgan fingerprint density at radius 2 is 1.67 bits per heavy atom. The maximum absolute atomic E-state index is 6.13. The van der Waals surface area contributed by atoms with E-state index in [1.165, 1.54) is 5.56 Å². The number of hydrogen-bond acceptors (Lipinski definition) is 8. The van der Waals surface area contributed by atoms with Gasteiger partial charge in [0, 0.05) is 36.1 Å². The molecule has 2 aromatic carbocycles. The van der Waals surface area contributed by atoms with Gasteiger partial charge >= 0.3 is 0 Å². The van der Waals surface area contributed by atoms with E-state index >= 15 is 0 Å². The molecule has 4 rings (SSSR count). The zero-order valence-electron chi connectivity index (χ0n) is 23.8. The second-order valence-corrected chi connectivity index (χ2v) is 9.75. The Kier molecular flexibility index (Phi) is 11.5. The molecule has 0 unspecified atom stereocenters. The molecule has 0 amide bonds. The first-order valence-corrected chi connectivity index (χ1v) is 12.8. The number of aromatic nitrogens is 2. The van der Waals surface area contributed by atoms with Gasteiger partial charge in [-0.3, -0.25) is 0 Å². The molecule has 0 bridgehead atoms. The predicted octanol–water partition coefficient (Wildman–Crippen LogP) is 6.31. The highest BCUT2D eigenvalue weighted by Crippen LogP contribution is 2.44. The van der Waals surface area contributed by atoms with Crippen molar-refractivity contribution in [2.24, 2.45) is 0 Å². The van der Waals surface area contributed by atoms with Crippen molar-refractivity contribution in [3.05, 3.63) is 47.7 Å². The fourth-order valence-corrected chi connectivity index (χ4v) is 4.90. The van der Waals surface area contributed by atoms with E-state index in [4.69, 9.17) is 23.9 Å². The molecule has 0 atom stereocenters. The molecule has 1 N–H and O–H groups in total. The highest BCUT2D eigenvalue weighted by atomic mass is 35.5. The minimum Gasteiger partial charge on any atom is -0.497 e. The topological polar surface area (TPSA) is 78.0 Å². The Balaban J connectivity index is 0.00000267. The number of ether oxygens (including phenoxy) is 4. The number of rotatable bonds is 11. The lowest BCUT2D eigenvalue weighted by molar-refractivity contribution is 0.215. The number of benzene rings is 2. The van der Waals surface area contributed by atoms with Gasteiger partial charge in [-0.2, -0.15) is 0 Å². The summed E-state index contributed by atoms with van der Waals surface area (Å²) in [7, 11) is 4.91. The lowest BCUT2D eigenvalue weighted by atomic mass is 9.72. The average Bonchev–Trinajstić information content (AvgIpc) is 2.90. The number of nitrogens with zero attached hydrogens (tertiary/aromatic N) is 3. The largest absolute Gasteiger partial charge is 0.497 e. The smallest absolute Gasteiger partial charge is 0.227 e. The van der Waals surface area contributed by atoms with Crippen LogP contribution in [0.15, 0.2) is 36.5 Å². The highest BCUT2D eigenvalue weighted by molar-refractivity contribution is 5.85. The van der Waals surface area contributed by atoms with Crippen molar-refractivity contribution in [3.63, 3.8) is 0 Å². The van der Waals surface area contributed by atoms with Crippen LogP contribution >= 0.6 is 24.8 Å². The van der Waals surface area contributed by atoms with Crippen LogP contribution in [0.5, 0.6) is 23.0 Å². The van der Waals surface area contributed by atoms with Crippen LogP contribution < -0.4 is 24.3 Å². The first-order valence-electron chi connectivity index (χ1n) is 12.8. The van der Waals surface area contributed by atoms with Crippen LogP contribution in [-0.2, 0) is 11.8 Å². The Morgan fingerprint density at radius 1 is 0.949 bits per heavy atom. The second-order valence-electron chi connectivity index (χ2n) is 9.75. The molecule has 10 heteroatoms. The molecule has 0 fully saturated rings. The maximum Gasteiger partial charge on any atom is 0.227 e. The van der Waals surface area contributed by atoms with Gasteiger partial charge in [0.05, 0.1) is 27.0 Å². The van der Waals surface area contributed by atoms with Crippen molar-refractivity contribution in [1.29, 1.82) is 0 Å². The van der Waals surface area contributed by atoms with Gasteiger partial charge in [-0.15, -0.1) is 24.8 Å². The van der Waals surface area contributed by atoms with E-state index in [-0.39, 0.29) is 30.2 Å². The maximum atomic E-state index is 6.13. The summed E-state index contributed by atoms with van der Waals surface area (Å²) in [6.45, 7) is 12.1. The van der Waals surface area contributed by atoms with Crippen molar-refractivity contribution in [2.75, 3.05) is 52.9 Å². The molecule has 1 aliphatic carbocycles. The predicted molar refractivity (Wildman–Crippen MR) is 161 cm³/mol. The van der Waals surface area contributed by atoms with E-state index in [0.717, 1.165) is 54.3 Å². The Labute approximate surface area is 244 Å². The van der Waals surface area contributed by atoms with E-state index in [1.54, 1.807) is 21.3 Å². The van der Waals surface area contributed by atoms with Crippen molar-refractivity contribution >= 4 is 36.4 Å². The van der Waals surface area contributed by atoms with E-state index < -0.39 is 0 Å². The third kappa shape index (κ3) is 6.99. The first-order chi connectivity index (χ1) is 17.8. The molecule has 39 heavy (non-hydrogen) atoms. The summed E-state index contributed by atoms with van der Waals surface area (Å²) >= 11 is 0. The van der Waals surface area contributed by atoms with Crippen LogP contribution in [0.2, 0.25) is 0 Å². The van der Waals surface area contributed by atoms with E-state index in [0.29, 0.717) is 29.8 Å². The Bertz CT molecular complexity index is 1250. The molecule has 1 aromatic heterocycles.